The van der Waals surface area contributed by atoms with Gasteiger partial charge in [-0.25, -0.2) is 0 Å². The summed E-state index contributed by atoms with van der Waals surface area (Å²) < 4.78 is 0. The number of nitrogens with two attached hydrogens (primary N) is 1. The van der Waals surface area contributed by atoms with Crippen molar-refractivity contribution in [1.29, 1.82) is 0 Å². The van der Waals surface area contributed by atoms with Gasteiger partial charge >= 0.3 is 0 Å². The van der Waals surface area contributed by atoms with E-state index >= 15 is 0 Å². The number of hydrogen-bond donors (Lipinski definition) is 2. The van der Waals surface area contributed by atoms with Crippen LogP contribution in [-0.2, 0) is 4.79 Å². The summed E-state index contributed by atoms with van der Waals surface area (Å²) in [7, 11) is 0. The Morgan fingerprint density at radius 1 is 1.25 bits per heavy atom. The molecule has 3 N–H and O–H groups in total. The Bertz CT molecular complexity index is 273. The SMILES string of the molecule is CCCN1CCC(CNC(=O)C(CC)(CC)CN)CC1. The van der Waals surface area contributed by atoms with Crippen LogP contribution in [0.1, 0.15) is 52.9 Å². The second kappa shape index (κ2) is 8.63. The molecule has 0 aromatic rings. The summed E-state index contributed by atoms with van der Waals surface area (Å²) in [6, 6.07) is 0. The maximum Gasteiger partial charge on any atom is 0.227 e. The topological polar surface area (TPSA) is 58.4 Å². The van der Waals surface area contributed by atoms with E-state index in [-0.39, 0.29) is 11.3 Å². The van der Waals surface area contributed by atoms with Gasteiger partial charge in [0.05, 0.1) is 5.41 Å². The molecule has 0 unspecified atom stereocenters. The van der Waals surface area contributed by atoms with Gasteiger partial charge in [0, 0.05) is 13.1 Å². The van der Waals surface area contributed by atoms with Crippen molar-refractivity contribution in [3.05, 3.63) is 0 Å². The summed E-state index contributed by atoms with van der Waals surface area (Å²) in [5, 5.41) is 3.16. The summed E-state index contributed by atoms with van der Waals surface area (Å²) in [6.45, 7) is 11.2. The molecule has 1 rings (SSSR count). The van der Waals surface area contributed by atoms with Crippen LogP contribution in [0.25, 0.3) is 0 Å². The predicted octanol–water partition coefficient (Wildman–Crippen LogP) is 1.99. The zero-order valence-electron chi connectivity index (χ0n) is 13.6. The molecule has 118 valence electrons. The third-order valence-electron chi connectivity index (χ3n) is 5.02. The second-order valence-electron chi connectivity index (χ2n) is 6.19. The maximum atomic E-state index is 12.4. The highest BCUT2D eigenvalue weighted by Crippen LogP contribution is 2.25. The normalized spacial score (nSPS) is 18.2. The number of carbonyl (C=O) groups excluding carboxylic acids is 1. The van der Waals surface area contributed by atoms with Crippen molar-refractivity contribution in [3.8, 4) is 0 Å². The molecule has 0 aromatic carbocycles. The van der Waals surface area contributed by atoms with E-state index in [2.05, 4.69) is 31.0 Å². The van der Waals surface area contributed by atoms with Gasteiger partial charge < -0.3 is 16.0 Å². The minimum Gasteiger partial charge on any atom is -0.355 e. The minimum absolute atomic E-state index is 0.154. The highest BCUT2D eigenvalue weighted by molar-refractivity contribution is 5.82. The van der Waals surface area contributed by atoms with Crippen LogP contribution < -0.4 is 11.1 Å². The van der Waals surface area contributed by atoms with Crippen molar-refractivity contribution in [2.75, 3.05) is 32.7 Å². The molecule has 0 aliphatic carbocycles. The number of nitrogens with zero attached hydrogens (tertiary/aromatic N) is 1. The zero-order valence-corrected chi connectivity index (χ0v) is 13.6. The van der Waals surface area contributed by atoms with E-state index in [1.165, 1.54) is 38.9 Å². The fourth-order valence-corrected chi connectivity index (χ4v) is 3.11. The number of nitrogens with one attached hydrogen (secondary N) is 1. The van der Waals surface area contributed by atoms with E-state index in [0.717, 1.165) is 19.4 Å². The van der Waals surface area contributed by atoms with Crippen molar-refractivity contribution in [2.45, 2.75) is 52.9 Å². The summed E-state index contributed by atoms with van der Waals surface area (Å²) in [5.41, 5.74) is 5.46. The van der Waals surface area contributed by atoms with E-state index in [0.29, 0.717) is 12.5 Å². The largest absolute Gasteiger partial charge is 0.355 e. The molecule has 1 aliphatic rings. The van der Waals surface area contributed by atoms with Gasteiger partial charge in [0.25, 0.3) is 0 Å². The Balaban J connectivity index is 2.35. The lowest BCUT2D eigenvalue weighted by atomic mass is 9.81. The molecule has 0 aromatic heterocycles. The number of carbonyl (C=O) groups is 1. The lowest BCUT2D eigenvalue weighted by molar-refractivity contribution is -0.131. The Hall–Kier alpha value is -0.610. The minimum atomic E-state index is -0.358. The quantitative estimate of drug-likeness (QED) is 0.716. The zero-order chi connectivity index (χ0) is 15.0. The molecule has 1 aliphatic heterocycles. The van der Waals surface area contributed by atoms with Gasteiger partial charge in [-0.3, -0.25) is 4.79 Å². The van der Waals surface area contributed by atoms with Crippen molar-refractivity contribution in [3.63, 3.8) is 0 Å². The predicted molar refractivity (Wildman–Crippen MR) is 84.5 cm³/mol. The number of piperidine rings is 1. The number of rotatable bonds is 8. The van der Waals surface area contributed by atoms with Crippen LogP contribution in [0.5, 0.6) is 0 Å². The monoisotopic (exact) mass is 283 g/mol. The number of likely N-dealkylation sites (tertiary alicyclic amines) is 1. The molecule has 4 heteroatoms. The van der Waals surface area contributed by atoms with E-state index in [1.807, 2.05) is 0 Å². The summed E-state index contributed by atoms with van der Waals surface area (Å²) >= 11 is 0. The molecule has 20 heavy (non-hydrogen) atoms. The Morgan fingerprint density at radius 2 is 1.85 bits per heavy atom. The number of hydrogen-bond acceptors (Lipinski definition) is 3. The average Bonchev–Trinajstić information content (AvgIpc) is 2.49. The van der Waals surface area contributed by atoms with Gasteiger partial charge in [-0.15, -0.1) is 0 Å². The van der Waals surface area contributed by atoms with Crippen LogP contribution in [-0.4, -0.2) is 43.5 Å². The molecule has 1 heterocycles. The van der Waals surface area contributed by atoms with Crippen LogP contribution >= 0.6 is 0 Å². The van der Waals surface area contributed by atoms with E-state index < -0.39 is 0 Å². The highest BCUT2D eigenvalue weighted by Gasteiger charge is 2.33. The number of amides is 1. The highest BCUT2D eigenvalue weighted by atomic mass is 16.2. The van der Waals surface area contributed by atoms with Gasteiger partial charge in [0.15, 0.2) is 0 Å². The van der Waals surface area contributed by atoms with Crippen molar-refractivity contribution >= 4 is 5.91 Å². The van der Waals surface area contributed by atoms with Gasteiger partial charge in [-0.2, -0.15) is 0 Å². The standard InChI is InChI=1S/C16H33N3O/c1-4-9-19-10-7-14(8-11-19)12-18-15(20)16(5-2,6-3)13-17/h14H,4-13,17H2,1-3H3,(H,18,20). The maximum absolute atomic E-state index is 12.4. The lowest BCUT2D eigenvalue weighted by Crippen LogP contribution is -2.47. The molecule has 0 radical (unpaired) electrons. The molecule has 1 fully saturated rings. The van der Waals surface area contributed by atoms with Gasteiger partial charge in [0.2, 0.25) is 5.91 Å². The van der Waals surface area contributed by atoms with E-state index in [9.17, 15) is 4.79 Å². The summed E-state index contributed by atoms with van der Waals surface area (Å²) in [5.74, 6) is 0.789. The van der Waals surface area contributed by atoms with Gasteiger partial charge in [-0.05, 0) is 57.7 Å². The molecule has 1 amide bonds. The van der Waals surface area contributed by atoms with Crippen LogP contribution in [0, 0.1) is 11.3 Å². The summed E-state index contributed by atoms with van der Waals surface area (Å²) in [6.07, 6.45) is 5.28. The fourth-order valence-electron chi connectivity index (χ4n) is 3.11. The van der Waals surface area contributed by atoms with E-state index in [1.54, 1.807) is 0 Å². The second-order valence-corrected chi connectivity index (χ2v) is 6.19. The van der Waals surface area contributed by atoms with Crippen molar-refractivity contribution in [1.82, 2.24) is 10.2 Å². The first-order valence-corrected chi connectivity index (χ1v) is 8.32. The third-order valence-corrected chi connectivity index (χ3v) is 5.02. The molecule has 1 saturated heterocycles. The van der Waals surface area contributed by atoms with Crippen molar-refractivity contribution < 1.29 is 4.79 Å². The summed E-state index contributed by atoms with van der Waals surface area (Å²) in [4.78, 5) is 14.9. The van der Waals surface area contributed by atoms with Crippen LogP contribution in [0.2, 0.25) is 0 Å². The fraction of sp³-hybridized carbons (Fsp3) is 0.938. The van der Waals surface area contributed by atoms with Gasteiger partial charge in [-0.1, -0.05) is 20.8 Å². The Morgan fingerprint density at radius 3 is 2.30 bits per heavy atom. The van der Waals surface area contributed by atoms with Crippen molar-refractivity contribution in [2.24, 2.45) is 17.1 Å². The smallest absolute Gasteiger partial charge is 0.227 e. The van der Waals surface area contributed by atoms with Crippen LogP contribution in [0.3, 0.4) is 0 Å². The van der Waals surface area contributed by atoms with Gasteiger partial charge in [0.1, 0.15) is 0 Å². The first-order chi connectivity index (χ1) is 9.61. The first kappa shape index (κ1) is 17.4. The first-order valence-electron chi connectivity index (χ1n) is 8.32. The molecule has 0 bridgehead atoms. The molecule has 0 saturated carbocycles. The van der Waals surface area contributed by atoms with Crippen LogP contribution in [0.15, 0.2) is 0 Å². The van der Waals surface area contributed by atoms with E-state index in [4.69, 9.17) is 5.73 Å². The Kier molecular flexibility index (Phi) is 7.52. The molecule has 4 nitrogen and oxygen atoms in total. The third kappa shape index (κ3) is 4.45. The average molecular weight is 283 g/mol. The lowest BCUT2D eigenvalue weighted by Gasteiger charge is -2.33. The molecular formula is C16H33N3O. The molecular weight excluding hydrogens is 250 g/mol. The molecule has 0 atom stereocenters. The molecule has 0 spiro atoms. The van der Waals surface area contributed by atoms with Crippen LogP contribution in [0.4, 0.5) is 0 Å². The Labute approximate surface area is 124 Å².